The fourth-order valence-electron chi connectivity index (χ4n) is 2.71. The zero-order valence-electron chi connectivity index (χ0n) is 13.7. The lowest BCUT2D eigenvalue weighted by molar-refractivity contribution is 0.804. The summed E-state index contributed by atoms with van der Waals surface area (Å²) in [6.07, 6.45) is 0. The number of nitrogens with one attached hydrogen (secondary N) is 1. The first kappa shape index (κ1) is 15.1. The highest BCUT2D eigenvalue weighted by molar-refractivity contribution is 5.65. The average Bonchev–Trinajstić information content (AvgIpc) is 3.01. The number of H-pyrrole nitrogens is 1. The second-order valence-corrected chi connectivity index (χ2v) is 5.78. The van der Waals surface area contributed by atoms with E-state index in [1.807, 2.05) is 73.7 Å². The minimum absolute atomic E-state index is 0.144. The maximum absolute atomic E-state index is 12.2. The van der Waals surface area contributed by atoms with Crippen LogP contribution in [-0.2, 0) is 0 Å². The predicted molar refractivity (Wildman–Crippen MR) is 97.6 cm³/mol. The van der Waals surface area contributed by atoms with E-state index in [-0.39, 0.29) is 5.56 Å². The van der Waals surface area contributed by atoms with Crippen molar-refractivity contribution in [2.45, 2.75) is 6.92 Å². The van der Waals surface area contributed by atoms with Gasteiger partial charge in [-0.2, -0.15) is 0 Å². The Bertz CT molecular complexity index is 1010. The SMILES string of the molecule is Cc1cc(=O)n(-c2cc(-c3ccccc3)nc(-c3ccccc3)n2)[nH]1. The van der Waals surface area contributed by atoms with Crippen molar-refractivity contribution in [2.75, 3.05) is 0 Å². The maximum atomic E-state index is 12.2. The van der Waals surface area contributed by atoms with Gasteiger partial charge in [0.2, 0.25) is 0 Å². The molecule has 0 radical (unpaired) electrons. The molecule has 0 fully saturated rings. The molecule has 0 aliphatic heterocycles. The van der Waals surface area contributed by atoms with Crippen LogP contribution in [0.5, 0.6) is 0 Å². The molecule has 0 saturated carbocycles. The van der Waals surface area contributed by atoms with Gasteiger partial charge in [-0.25, -0.2) is 14.6 Å². The van der Waals surface area contributed by atoms with Crippen LogP contribution in [-0.4, -0.2) is 19.7 Å². The van der Waals surface area contributed by atoms with Gasteiger partial charge in [0.1, 0.15) is 0 Å². The van der Waals surface area contributed by atoms with Gasteiger partial charge in [0.05, 0.1) is 5.69 Å². The molecule has 5 nitrogen and oxygen atoms in total. The van der Waals surface area contributed by atoms with E-state index < -0.39 is 0 Å². The molecule has 0 aliphatic carbocycles. The summed E-state index contributed by atoms with van der Waals surface area (Å²) in [6.45, 7) is 1.84. The summed E-state index contributed by atoms with van der Waals surface area (Å²) in [4.78, 5) is 21.5. The lowest BCUT2D eigenvalue weighted by Gasteiger charge is -2.09. The second kappa shape index (κ2) is 6.20. The maximum Gasteiger partial charge on any atom is 0.272 e. The molecule has 2 aromatic carbocycles. The van der Waals surface area contributed by atoms with E-state index in [4.69, 9.17) is 4.98 Å². The van der Waals surface area contributed by atoms with Crippen LogP contribution in [0.25, 0.3) is 28.5 Å². The van der Waals surface area contributed by atoms with Gasteiger partial charge in [-0.15, -0.1) is 0 Å². The molecular weight excluding hydrogens is 312 g/mol. The Labute approximate surface area is 144 Å². The first-order valence-corrected chi connectivity index (χ1v) is 8.00. The average molecular weight is 328 g/mol. The lowest BCUT2D eigenvalue weighted by Crippen LogP contribution is -2.15. The van der Waals surface area contributed by atoms with Gasteiger partial charge >= 0.3 is 0 Å². The molecule has 0 bridgehead atoms. The molecule has 0 unspecified atom stereocenters. The normalized spacial score (nSPS) is 10.8. The van der Waals surface area contributed by atoms with Crippen LogP contribution in [0.1, 0.15) is 5.69 Å². The molecule has 0 amide bonds. The molecule has 2 aromatic heterocycles. The summed E-state index contributed by atoms with van der Waals surface area (Å²) in [7, 11) is 0. The fraction of sp³-hybridized carbons (Fsp3) is 0.0500. The zero-order chi connectivity index (χ0) is 17.2. The second-order valence-electron chi connectivity index (χ2n) is 5.78. The molecule has 2 heterocycles. The van der Waals surface area contributed by atoms with Gasteiger partial charge in [0, 0.05) is 29.0 Å². The van der Waals surface area contributed by atoms with Crippen molar-refractivity contribution < 1.29 is 0 Å². The largest absolute Gasteiger partial charge is 0.294 e. The lowest BCUT2D eigenvalue weighted by atomic mass is 10.1. The third-order valence-corrected chi connectivity index (χ3v) is 3.89. The quantitative estimate of drug-likeness (QED) is 0.625. The van der Waals surface area contributed by atoms with E-state index >= 15 is 0 Å². The monoisotopic (exact) mass is 328 g/mol. The number of aromatic amines is 1. The summed E-state index contributed by atoms with van der Waals surface area (Å²) in [5, 5.41) is 3.03. The Morgan fingerprint density at radius 2 is 1.48 bits per heavy atom. The number of hydrogen-bond acceptors (Lipinski definition) is 3. The number of rotatable bonds is 3. The highest BCUT2D eigenvalue weighted by Gasteiger charge is 2.12. The van der Waals surface area contributed by atoms with Crippen molar-refractivity contribution in [3.8, 4) is 28.5 Å². The molecule has 0 aliphatic rings. The van der Waals surface area contributed by atoms with Gasteiger partial charge in [-0.3, -0.25) is 9.89 Å². The summed E-state index contributed by atoms with van der Waals surface area (Å²) in [5.74, 6) is 1.10. The molecule has 0 saturated heterocycles. The number of benzene rings is 2. The number of aromatic nitrogens is 4. The number of hydrogen-bond donors (Lipinski definition) is 1. The van der Waals surface area contributed by atoms with E-state index in [1.165, 1.54) is 4.68 Å². The number of nitrogens with zero attached hydrogens (tertiary/aromatic N) is 3. The van der Waals surface area contributed by atoms with E-state index in [2.05, 4.69) is 10.1 Å². The van der Waals surface area contributed by atoms with Gasteiger partial charge in [-0.05, 0) is 6.92 Å². The summed E-state index contributed by atoms with van der Waals surface area (Å²) in [5.41, 5.74) is 3.28. The predicted octanol–water partition coefficient (Wildman–Crippen LogP) is 3.60. The third-order valence-electron chi connectivity index (χ3n) is 3.89. The van der Waals surface area contributed by atoms with Crippen LogP contribution in [0, 0.1) is 6.92 Å². The number of aryl methyl sites for hydroxylation is 1. The molecule has 122 valence electrons. The molecule has 4 aromatic rings. The standard InChI is InChI=1S/C20H16N4O/c1-14-12-19(25)24(23-14)18-13-17(15-8-4-2-5-9-15)21-20(22-18)16-10-6-3-7-11-16/h2-13,23H,1H3. The highest BCUT2D eigenvalue weighted by Crippen LogP contribution is 2.23. The van der Waals surface area contributed by atoms with E-state index in [0.29, 0.717) is 11.6 Å². The van der Waals surface area contributed by atoms with Crippen molar-refractivity contribution >= 4 is 0 Å². The van der Waals surface area contributed by atoms with Crippen LogP contribution in [0.3, 0.4) is 0 Å². The van der Waals surface area contributed by atoms with Crippen LogP contribution in [0.2, 0.25) is 0 Å². The van der Waals surface area contributed by atoms with Gasteiger partial charge in [0.25, 0.3) is 5.56 Å². The summed E-state index contributed by atoms with van der Waals surface area (Å²) < 4.78 is 1.44. The van der Waals surface area contributed by atoms with Gasteiger partial charge in [0.15, 0.2) is 11.6 Å². The highest BCUT2D eigenvalue weighted by atomic mass is 16.1. The van der Waals surface area contributed by atoms with Crippen molar-refractivity contribution in [1.82, 2.24) is 19.7 Å². The van der Waals surface area contributed by atoms with Crippen LogP contribution >= 0.6 is 0 Å². The van der Waals surface area contributed by atoms with Crippen LogP contribution in [0.15, 0.2) is 77.6 Å². The van der Waals surface area contributed by atoms with Gasteiger partial charge < -0.3 is 0 Å². The Balaban J connectivity index is 1.95. The van der Waals surface area contributed by atoms with Crippen LogP contribution in [0.4, 0.5) is 0 Å². The van der Waals surface area contributed by atoms with Crippen molar-refractivity contribution in [3.63, 3.8) is 0 Å². The summed E-state index contributed by atoms with van der Waals surface area (Å²) in [6, 6.07) is 23.0. The van der Waals surface area contributed by atoms with Crippen molar-refractivity contribution in [2.24, 2.45) is 0 Å². The van der Waals surface area contributed by atoms with E-state index in [9.17, 15) is 4.79 Å². The first-order chi connectivity index (χ1) is 12.2. The molecular formula is C20H16N4O. The topological polar surface area (TPSA) is 63.6 Å². The fourth-order valence-corrected chi connectivity index (χ4v) is 2.71. The molecule has 0 atom stereocenters. The first-order valence-electron chi connectivity index (χ1n) is 8.00. The Kier molecular flexibility index (Phi) is 3.74. The van der Waals surface area contributed by atoms with E-state index in [1.54, 1.807) is 6.07 Å². The Morgan fingerprint density at radius 3 is 2.08 bits per heavy atom. The third kappa shape index (κ3) is 2.99. The van der Waals surface area contributed by atoms with Crippen LogP contribution < -0.4 is 5.56 Å². The Hall–Kier alpha value is -3.47. The molecule has 5 heteroatoms. The minimum Gasteiger partial charge on any atom is -0.294 e. The van der Waals surface area contributed by atoms with Crippen molar-refractivity contribution in [1.29, 1.82) is 0 Å². The zero-order valence-corrected chi connectivity index (χ0v) is 13.7. The van der Waals surface area contributed by atoms with E-state index in [0.717, 1.165) is 22.5 Å². The molecule has 4 rings (SSSR count). The smallest absolute Gasteiger partial charge is 0.272 e. The Morgan fingerprint density at radius 1 is 0.840 bits per heavy atom. The van der Waals surface area contributed by atoms with Gasteiger partial charge in [-0.1, -0.05) is 60.7 Å². The molecule has 0 spiro atoms. The summed E-state index contributed by atoms with van der Waals surface area (Å²) >= 11 is 0. The minimum atomic E-state index is -0.144. The van der Waals surface area contributed by atoms with Crippen molar-refractivity contribution in [3.05, 3.63) is 88.8 Å². The molecule has 25 heavy (non-hydrogen) atoms. The molecule has 1 N–H and O–H groups in total.